The van der Waals surface area contributed by atoms with E-state index in [-0.39, 0.29) is 20.4 Å². The molecule has 0 radical (unpaired) electrons. The van der Waals surface area contributed by atoms with Crippen molar-refractivity contribution < 1.29 is 9.81 Å². The number of nitrogens with one attached hydrogen (secondary N) is 1. The highest BCUT2D eigenvalue weighted by Crippen LogP contribution is 2.11. The van der Waals surface area contributed by atoms with Gasteiger partial charge in [-0.2, -0.15) is 0 Å². The van der Waals surface area contributed by atoms with E-state index in [4.69, 9.17) is 22.4 Å². The molecule has 0 saturated heterocycles. The van der Waals surface area contributed by atoms with E-state index in [9.17, 15) is 0 Å². The Bertz CT molecular complexity index is 145. The molecule has 0 atom stereocenters. The quantitative estimate of drug-likeness (QED) is 0.108. The SMILES string of the molecule is CC(C)(NI=P)O[N+](N)(N)N. The molecule has 0 unspecified atom stereocenters. The van der Waals surface area contributed by atoms with E-state index in [1.807, 2.05) is 0 Å². The molecule has 0 aliphatic heterocycles. The van der Waals surface area contributed by atoms with Gasteiger partial charge in [0.25, 0.3) is 0 Å². The molecule has 0 aromatic heterocycles. The van der Waals surface area contributed by atoms with Crippen molar-refractivity contribution in [2.75, 3.05) is 0 Å². The van der Waals surface area contributed by atoms with Gasteiger partial charge in [0.05, 0.1) is 0 Å². The number of hydrogen-bond acceptors (Lipinski definition) is 4. The second-order valence-corrected chi connectivity index (χ2v) is 4.90. The number of nitrogens with zero attached hydrogens (tertiary/aromatic N) is 1. The average molecular weight is 294 g/mol. The van der Waals surface area contributed by atoms with E-state index in [0.717, 1.165) is 0 Å². The first-order valence-electron chi connectivity index (χ1n) is 2.79. The molecule has 6 nitrogen and oxygen atoms in total. The molecule has 0 aromatic carbocycles. The second kappa shape index (κ2) is 4.15. The molecule has 0 heterocycles. The summed E-state index contributed by atoms with van der Waals surface area (Å²) in [6.07, 6.45) is 3.33. The molecule has 0 saturated carbocycles. The summed E-state index contributed by atoms with van der Waals surface area (Å²) < 4.78 is 3.02. The van der Waals surface area contributed by atoms with E-state index in [0.29, 0.717) is 0 Å². The fourth-order valence-electron chi connectivity index (χ4n) is 0.526. The third kappa shape index (κ3) is 7.16. The van der Waals surface area contributed by atoms with Crippen molar-refractivity contribution >= 4 is 26.8 Å². The van der Waals surface area contributed by atoms with Crippen LogP contribution in [0.4, 0.5) is 0 Å². The van der Waals surface area contributed by atoms with Crippen LogP contribution in [0, 0.1) is 0 Å². The standard InChI is InChI=1S/C3H14IN5OP/c1-3(2,8-4-11)10-9(5,6)7/h8,11H,5-7H2,1-2H3/q+1. The molecule has 7 N–H and O–H groups in total. The van der Waals surface area contributed by atoms with Gasteiger partial charge in [0.15, 0.2) is 5.72 Å². The third-order valence-corrected chi connectivity index (χ3v) is 2.86. The molecule has 68 valence electrons. The molecule has 11 heavy (non-hydrogen) atoms. The first-order valence-corrected chi connectivity index (χ1v) is 7.48. The van der Waals surface area contributed by atoms with Crippen LogP contribution in [0.5, 0.6) is 0 Å². The fraction of sp³-hybridized carbons (Fsp3) is 1.00. The lowest BCUT2D eigenvalue weighted by Crippen LogP contribution is -2.69. The Balaban J connectivity index is 4.00. The minimum atomic E-state index is -0.990. The van der Waals surface area contributed by atoms with Gasteiger partial charge in [0.1, 0.15) is 0 Å². The van der Waals surface area contributed by atoms with Gasteiger partial charge >= 0.3 is 0 Å². The van der Waals surface area contributed by atoms with E-state index < -0.39 is 10.7 Å². The summed E-state index contributed by atoms with van der Waals surface area (Å²) in [5, 5.41) is 0. The van der Waals surface area contributed by atoms with Crippen molar-refractivity contribution in [2.24, 2.45) is 17.5 Å². The largest absolute Gasteiger partial charge is 0.229 e. The minimum Gasteiger partial charge on any atom is -0.229 e. The molecule has 0 amide bonds. The second-order valence-electron chi connectivity index (χ2n) is 2.55. The van der Waals surface area contributed by atoms with Crippen molar-refractivity contribution in [3.63, 3.8) is 0 Å². The predicted molar refractivity (Wildman–Crippen MR) is 53.5 cm³/mol. The van der Waals surface area contributed by atoms with Crippen LogP contribution in [0.3, 0.4) is 0 Å². The summed E-state index contributed by atoms with van der Waals surface area (Å²) in [6.45, 7) is 3.57. The van der Waals surface area contributed by atoms with E-state index in [1.165, 1.54) is 0 Å². The zero-order chi connectivity index (χ0) is 9.12. The van der Waals surface area contributed by atoms with Crippen molar-refractivity contribution in [1.29, 1.82) is 0 Å². The van der Waals surface area contributed by atoms with Gasteiger partial charge in [-0.05, 0) is 34.3 Å². The normalized spacial score (nSPS) is 13.5. The molecule has 0 bridgehead atoms. The predicted octanol–water partition coefficient (Wildman–Crippen LogP) is -0.375. The summed E-state index contributed by atoms with van der Waals surface area (Å²) in [7, 11) is 0. The zero-order valence-electron chi connectivity index (χ0n) is 6.47. The highest BCUT2D eigenvalue weighted by atomic mass is 127. The van der Waals surface area contributed by atoms with Gasteiger partial charge in [0, 0.05) is 4.97 Å². The van der Waals surface area contributed by atoms with Crippen molar-refractivity contribution in [2.45, 2.75) is 19.6 Å². The highest BCUT2D eigenvalue weighted by molar-refractivity contribution is 14.2. The lowest BCUT2D eigenvalue weighted by Gasteiger charge is -2.27. The maximum atomic E-state index is 5.18. The Hall–Kier alpha value is 0.790. The molecule has 0 aromatic rings. The van der Waals surface area contributed by atoms with Gasteiger partial charge in [-0.1, -0.05) is 6.42 Å². The van der Waals surface area contributed by atoms with Crippen LogP contribution in [-0.4, -0.2) is 10.7 Å². The number of quaternary nitrogens is 1. The first-order chi connectivity index (χ1) is 4.77. The van der Waals surface area contributed by atoms with Crippen LogP contribution < -0.4 is 21.1 Å². The van der Waals surface area contributed by atoms with Crippen LogP contribution in [0.25, 0.3) is 0 Å². The summed E-state index contributed by atoms with van der Waals surface area (Å²) in [6, 6.07) is 0. The van der Waals surface area contributed by atoms with Crippen molar-refractivity contribution in [3.05, 3.63) is 0 Å². The van der Waals surface area contributed by atoms with E-state index >= 15 is 0 Å². The van der Waals surface area contributed by atoms with Gasteiger partial charge < -0.3 is 0 Å². The summed E-state index contributed by atoms with van der Waals surface area (Å²) in [5.74, 6) is 15.5. The molecule has 0 aliphatic rings. The number of halogens is 1. The smallest absolute Gasteiger partial charge is 0.188 e. The minimum absolute atomic E-state index is 0.283. The lowest BCUT2D eigenvalue weighted by molar-refractivity contribution is -1.15. The molecular weight excluding hydrogens is 280 g/mol. The van der Waals surface area contributed by atoms with Gasteiger partial charge in [-0.3, -0.25) is 0 Å². The molecule has 0 fully saturated rings. The number of rotatable bonds is 4. The Labute approximate surface area is 77.4 Å². The third-order valence-electron chi connectivity index (χ3n) is 0.661. The van der Waals surface area contributed by atoms with Crippen molar-refractivity contribution in [3.8, 4) is 0 Å². The molecule has 0 rings (SSSR count). The molecule has 8 heteroatoms. The van der Waals surface area contributed by atoms with E-state index in [2.05, 4.69) is 9.95 Å². The maximum Gasteiger partial charge on any atom is 0.188 e. The van der Waals surface area contributed by atoms with Gasteiger partial charge in [-0.15, -0.1) is 22.4 Å². The lowest BCUT2D eigenvalue weighted by atomic mass is 10.3. The fourth-order valence-corrected chi connectivity index (χ4v) is 2.80. The summed E-state index contributed by atoms with van der Waals surface area (Å²) in [4.78, 5) is 4.03. The monoisotopic (exact) mass is 294 g/mol. The first kappa shape index (κ1) is 11.8. The molecule has 0 aliphatic carbocycles. The van der Waals surface area contributed by atoms with Crippen LogP contribution in [0.2, 0.25) is 0 Å². The summed E-state index contributed by atoms with van der Waals surface area (Å²) in [5.41, 5.74) is -0.618. The molecular formula is C3H14IN5OP+. The summed E-state index contributed by atoms with van der Waals surface area (Å²) >= 11 is -0.283. The van der Waals surface area contributed by atoms with Crippen molar-refractivity contribution in [1.82, 2.24) is 3.53 Å². The van der Waals surface area contributed by atoms with Crippen LogP contribution in [0.15, 0.2) is 0 Å². The van der Waals surface area contributed by atoms with E-state index in [1.54, 1.807) is 13.8 Å². The Kier molecular flexibility index (Phi) is 4.45. The van der Waals surface area contributed by atoms with Crippen LogP contribution in [0.1, 0.15) is 13.8 Å². The Morgan fingerprint density at radius 3 is 2.18 bits per heavy atom. The number of nitrogens with two attached hydrogens (primary N) is 3. The van der Waals surface area contributed by atoms with Crippen LogP contribution in [-0.2, 0) is 4.84 Å². The van der Waals surface area contributed by atoms with Gasteiger partial charge in [-0.25, -0.2) is 3.53 Å². The van der Waals surface area contributed by atoms with Gasteiger partial charge in [0.2, 0.25) is 0 Å². The molecule has 0 spiro atoms. The zero-order valence-corrected chi connectivity index (χ0v) is 9.62. The maximum absolute atomic E-state index is 5.18. The number of hydrogen-bond donors (Lipinski definition) is 4. The highest BCUT2D eigenvalue weighted by Gasteiger charge is 2.28. The van der Waals surface area contributed by atoms with Crippen LogP contribution >= 0.6 is 26.8 Å². The average Bonchev–Trinajstić information content (AvgIpc) is 1.55. The Morgan fingerprint density at radius 1 is 1.45 bits per heavy atom. The topological polar surface area (TPSA) is 99.3 Å². The Morgan fingerprint density at radius 2 is 1.91 bits per heavy atom.